The van der Waals surface area contributed by atoms with Gasteiger partial charge in [0.2, 0.25) is 0 Å². The van der Waals surface area contributed by atoms with E-state index in [-0.39, 0.29) is 6.10 Å². The Kier molecular flexibility index (Phi) is 7.59. The topological polar surface area (TPSA) is 44.7 Å². The predicted octanol–water partition coefficient (Wildman–Crippen LogP) is 1.73. The van der Waals surface area contributed by atoms with Crippen LogP contribution in [0.5, 0.6) is 5.75 Å². The summed E-state index contributed by atoms with van der Waals surface area (Å²) in [5.41, 5.74) is 1.14. The van der Waals surface area contributed by atoms with Gasteiger partial charge in [-0.1, -0.05) is 32.0 Å². The van der Waals surface area contributed by atoms with Crippen LogP contribution in [0.2, 0.25) is 0 Å². The Hall–Kier alpha value is -1.10. The van der Waals surface area contributed by atoms with Gasteiger partial charge in [-0.3, -0.25) is 4.90 Å². The Labute approximate surface area is 122 Å². The highest BCUT2D eigenvalue weighted by molar-refractivity contribution is 5.32. The van der Waals surface area contributed by atoms with E-state index in [0.717, 1.165) is 24.4 Å². The van der Waals surface area contributed by atoms with E-state index in [1.165, 1.54) is 0 Å². The molecule has 1 aromatic rings. The molecule has 114 valence electrons. The Balaban J connectivity index is 2.37. The number of benzene rings is 1. The van der Waals surface area contributed by atoms with Gasteiger partial charge in [-0.15, -0.1) is 0 Å². The van der Waals surface area contributed by atoms with Gasteiger partial charge in [-0.25, -0.2) is 0 Å². The van der Waals surface area contributed by atoms with Gasteiger partial charge < -0.3 is 15.2 Å². The number of para-hydroxylation sites is 1. The Bertz CT molecular complexity index is 382. The molecule has 0 spiro atoms. The van der Waals surface area contributed by atoms with E-state index in [1.54, 1.807) is 7.11 Å². The second-order valence-corrected chi connectivity index (χ2v) is 5.71. The van der Waals surface area contributed by atoms with E-state index >= 15 is 0 Å². The minimum absolute atomic E-state index is 0.353. The van der Waals surface area contributed by atoms with Crippen molar-refractivity contribution in [3.05, 3.63) is 29.8 Å². The molecule has 1 atom stereocenters. The number of nitrogens with zero attached hydrogens (tertiary/aromatic N) is 1. The van der Waals surface area contributed by atoms with Crippen molar-refractivity contribution in [3.8, 4) is 5.75 Å². The molecule has 0 amide bonds. The van der Waals surface area contributed by atoms with Crippen molar-refractivity contribution in [1.82, 2.24) is 10.2 Å². The van der Waals surface area contributed by atoms with Crippen molar-refractivity contribution in [2.45, 2.75) is 26.5 Å². The number of hydrogen-bond donors (Lipinski definition) is 2. The molecule has 0 aliphatic heterocycles. The lowest BCUT2D eigenvalue weighted by atomic mass is 10.2. The first kappa shape index (κ1) is 17.0. The second-order valence-electron chi connectivity index (χ2n) is 5.71. The van der Waals surface area contributed by atoms with Crippen LogP contribution in [0.3, 0.4) is 0 Å². The van der Waals surface area contributed by atoms with Crippen LogP contribution in [0.4, 0.5) is 0 Å². The van der Waals surface area contributed by atoms with E-state index < -0.39 is 0 Å². The molecular formula is C16H28N2O2. The van der Waals surface area contributed by atoms with Gasteiger partial charge in [0, 0.05) is 25.2 Å². The molecule has 0 saturated heterocycles. The summed E-state index contributed by atoms with van der Waals surface area (Å²) in [5, 5.41) is 13.3. The van der Waals surface area contributed by atoms with Gasteiger partial charge in [0.05, 0.1) is 13.2 Å². The minimum Gasteiger partial charge on any atom is -0.496 e. The quantitative estimate of drug-likeness (QED) is 0.723. The molecule has 0 bridgehead atoms. The second kappa shape index (κ2) is 8.95. The Morgan fingerprint density at radius 1 is 1.25 bits per heavy atom. The Morgan fingerprint density at radius 3 is 2.60 bits per heavy atom. The maximum absolute atomic E-state index is 10.0. The van der Waals surface area contributed by atoms with Crippen LogP contribution in [0.25, 0.3) is 0 Å². The highest BCUT2D eigenvalue weighted by Crippen LogP contribution is 2.18. The zero-order valence-corrected chi connectivity index (χ0v) is 13.1. The van der Waals surface area contributed by atoms with Crippen LogP contribution in [0.1, 0.15) is 19.4 Å². The lowest BCUT2D eigenvalue weighted by Crippen LogP contribution is -2.37. The average molecular weight is 280 g/mol. The predicted molar refractivity (Wildman–Crippen MR) is 83.0 cm³/mol. The fourth-order valence-corrected chi connectivity index (χ4v) is 2.15. The van der Waals surface area contributed by atoms with E-state index in [9.17, 15) is 5.11 Å². The number of aliphatic hydroxyl groups excluding tert-OH is 1. The molecular weight excluding hydrogens is 252 g/mol. The van der Waals surface area contributed by atoms with Crippen LogP contribution < -0.4 is 10.1 Å². The zero-order valence-electron chi connectivity index (χ0n) is 13.1. The number of hydrogen-bond acceptors (Lipinski definition) is 4. The summed E-state index contributed by atoms with van der Waals surface area (Å²) in [6.07, 6.45) is -0.353. The third-order valence-electron chi connectivity index (χ3n) is 3.09. The SMILES string of the molecule is COc1ccccc1CN(C)CC(O)CNCC(C)C. The highest BCUT2D eigenvalue weighted by atomic mass is 16.5. The van der Waals surface area contributed by atoms with Crippen molar-refractivity contribution in [3.63, 3.8) is 0 Å². The van der Waals surface area contributed by atoms with Crippen molar-refractivity contribution in [2.75, 3.05) is 33.8 Å². The van der Waals surface area contributed by atoms with Gasteiger partial charge in [0.1, 0.15) is 5.75 Å². The average Bonchev–Trinajstić information content (AvgIpc) is 2.38. The number of rotatable bonds is 9. The van der Waals surface area contributed by atoms with E-state index in [0.29, 0.717) is 19.0 Å². The third kappa shape index (κ3) is 6.37. The normalized spacial score (nSPS) is 12.9. The fourth-order valence-electron chi connectivity index (χ4n) is 2.15. The number of likely N-dealkylation sites (N-methyl/N-ethyl adjacent to an activating group) is 1. The van der Waals surface area contributed by atoms with Crippen LogP contribution in [0.15, 0.2) is 24.3 Å². The van der Waals surface area contributed by atoms with Crippen molar-refractivity contribution in [1.29, 1.82) is 0 Å². The monoisotopic (exact) mass is 280 g/mol. The molecule has 0 heterocycles. The Morgan fingerprint density at radius 2 is 1.95 bits per heavy atom. The maximum atomic E-state index is 10.0. The van der Waals surface area contributed by atoms with E-state index in [4.69, 9.17) is 4.74 Å². The number of ether oxygens (including phenoxy) is 1. The fraction of sp³-hybridized carbons (Fsp3) is 0.625. The molecule has 2 N–H and O–H groups in total. The first-order valence-corrected chi connectivity index (χ1v) is 7.22. The maximum Gasteiger partial charge on any atom is 0.123 e. The molecule has 4 nitrogen and oxygen atoms in total. The number of nitrogens with one attached hydrogen (secondary N) is 1. The molecule has 0 radical (unpaired) electrons. The van der Waals surface area contributed by atoms with E-state index in [1.807, 2.05) is 25.2 Å². The molecule has 0 aliphatic carbocycles. The summed E-state index contributed by atoms with van der Waals surface area (Å²) in [7, 11) is 3.70. The zero-order chi connectivity index (χ0) is 15.0. The molecule has 0 saturated carbocycles. The first-order valence-electron chi connectivity index (χ1n) is 7.22. The molecule has 0 fully saturated rings. The van der Waals surface area contributed by atoms with Gasteiger partial charge in [-0.05, 0) is 25.6 Å². The molecule has 1 rings (SSSR count). The summed E-state index contributed by atoms with van der Waals surface area (Å²) in [6, 6.07) is 7.99. The van der Waals surface area contributed by atoms with Gasteiger partial charge in [-0.2, -0.15) is 0 Å². The lowest BCUT2D eigenvalue weighted by Gasteiger charge is -2.22. The number of aliphatic hydroxyl groups is 1. The highest BCUT2D eigenvalue weighted by Gasteiger charge is 2.10. The largest absolute Gasteiger partial charge is 0.496 e. The van der Waals surface area contributed by atoms with Crippen LogP contribution in [-0.4, -0.2) is 49.9 Å². The van der Waals surface area contributed by atoms with Crippen molar-refractivity contribution < 1.29 is 9.84 Å². The third-order valence-corrected chi connectivity index (χ3v) is 3.09. The summed E-state index contributed by atoms with van der Waals surface area (Å²) in [6.45, 7) is 7.30. The summed E-state index contributed by atoms with van der Waals surface area (Å²) >= 11 is 0. The first-order chi connectivity index (χ1) is 9.52. The van der Waals surface area contributed by atoms with Gasteiger partial charge in [0.25, 0.3) is 0 Å². The van der Waals surface area contributed by atoms with Gasteiger partial charge >= 0.3 is 0 Å². The summed E-state index contributed by atoms with van der Waals surface area (Å²) in [5.74, 6) is 1.50. The molecule has 1 aromatic carbocycles. The smallest absolute Gasteiger partial charge is 0.123 e. The van der Waals surface area contributed by atoms with Crippen LogP contribution >= 0.6 is 0 Å². The lowest BCUT2D eigenvalue weighted by molar-refractivity contribution is 0.120. The summed E-state index contributed by atoms with van der Waals surface area (Å²) in [4.78, 5) is 2.11. The molecule has 0 aromatic heterocycles. The van der Waals surface area contributed by atoms with E-state index in [2.05, 4.69) is 30.1 Å². The molecule has 0 aliphatic rings. The van der Waals surface area contributed by atoms with Crippen molar-refractivity contribution in [2.24, 2.45) is 5.92 Å². The molecule has 20 heavy (non-hydrogen) atoms. The van der Waals surface area contributed by atoms with Crippen LogP contribution in [-0.2, 0) is 6.54 Å². The van der Waals surface area contributed by atoms with Crippen molar-refractivity contribution >= 4 is 0 Å². The van der Waals surface area contributed by atoms with Gasteiger partial charge in [0.15, 0.2) is 0 Å². The minimum atomic E-state index is -0.353. The van der Waals surface area contributed by atoms with Crippen LogP contribution in [0, 0.1) is 5.92 Å². The molecule has 4 heteroatoms. The molecule has 1 unspecified atom stereocenters. The summed E-state index contributed by atoms with van der Waals surface area (Å²) < 4.78 is 5.34. The number of methoxy groups -OCH3 is 1. The standard InChI is InChI=1S/C16H28N2O2/c1-13(2)9-17-10-15(19)12-18(3)11-14-7-5-6-8-16(14)20-4/h5-8,13,15,17,19H,9-12H2,1-4H3.